The molecule has 0 aromatic carbocycles. The van der Waals surface area contributed by atoms with Gasteiger partial charge < -0.3 is 15.8 Å². The lowest BCUT2D eigenvalue weighted by Crippen LogP contribution is -2.14. The van der Waals surface area contributed by atoms with E-state index in [2.05, 4.69) is 15.3 Å². The monoisotopic (exact) mass is 196 g/mol. The number of nitrogens with two attached hydrogens (primary N) is 1. The van der Waals surface area contributed by atoms with Gasteiger partial charge in [-0.05, 0) is 6.42 Å². The van der Waals surface area contributed by atoms with Gasteiger partial charge in [-0.3, -0.25) is 4.98 Å². The second kappa shape index (κ2) is 6.15. The van der Waals surface area contributed by atoms with Crippen LogP contribution in [0.4, 0.5) is 5.82 Å². The molecule has 0 aliphatic carbocycles. The summed E-state index contributed by atoms with van der Waals surface area (Å²) >= 11 is 0. The van der Waals surface area contributed by atoms with Gasteiger partial charge in [0.05, 0.1) is 19.0 Å². The summed E-state index contributed by atoms with van der Waals surface area (Å²) in [6.45, 7) is 3.96. The summed E-state index contributed by atoms with van der Waals surface area (Å²) in [6, 6.07) is 0. The van der Waals surface area contributed by atoms with Crippen molar-refractivity contribution in [1.82, 2.24) is 9.97 Å². The molecule has 14 heavy (non-hydrogen) atoms. The van der Waals surface area contributed by atoms with Gasteiger partial charge in [0.2, 0.25) is 5.88 Å². The van der Waals surface area contributed by atoms with Gasteiger partial charge in [-0.1, -0.05) is 6.92 Å². The van der Waals surface area contributed by atoms with E-state index in [-0.39, 0.29) is 0 Å². The molecule has 0 amide bonds. The highest BCUT2D eigenvalue weighted by molar-refractivity contribution is 5.33. The second-order valence-corrected chi connectivity index (χ2v) is 2.81. The van der Waals surface area contributed by atoms with Gasteiger partial charge in [0, 0.05) is 13.1 Å². The average molecular weight is 196 g/mol. The zero-order valence-corrected chi connectivity index (χ0v) is 8.36. The molecular weight excluding hydrogens is 180 g/mol. The number of nitrogens with zero attached hydrogens (tertiary/aromatic N) is 2. The second-order valence-electron chi connectivity index (χ2n) is 2.81. The molecular formula is C9H16N4O. The molecule has 0 aliphatic rings. The maximum Gasteiger partial charge on any atom is 0.234 e. The summed E-state index contributed by atoms with van der Waals surface area (Å²) in [7, 11) is 0. The van der Waals surface area contributed by atoms with Crippen LogP contribution in [-0.2, 0) is 0 Å². The van der Waals surface area contributed by atoms with E-state index in [0.717, 1.165) is 6.42 Å². The van der Waals surface area contributed by atoms with Crippen LogP contribution in [0.2, 0.25) is 0 Å². The van der Waals surface area contributed by atoms with Crippen molar-refractivity contribution in [2.75, 3.05) is 25.0 Å². The molecule has 0 unspecified atom stereocenters. The van der Waals surface area contributed by atoms with Crippen LogP contribution in [0, 0.1) is 0 Å². The maximum atomic E-state index is 5.35. The Bertz CT molecular complexity index is 243. The third-order valence-electron chi connectivity index (χ3n) is 1.52. The number of aromatic nitrogens is 2. The smallest absolute Gasteiger partial charge is 0.234 e. The molecule has 1 rings (SSSR count). The van der Waals surface area contributed by atoms with E-state index in [1.54, 1.807) is 12.4 Å². The van der Waals surface area contributed by atoms with Crippen LogP contribution >= 0.6 is 0 Å². The SMILES string of the molecule is CCCOc1cncc(NCCN)n1. The van der Waals surface area contributed by atoms with Crippen molar-refractivity contribution in [3.8, 4) is 5.88 Å². The van der Waals surface area contributed by atoms with E-state index in [4.69, 9.17) is 10.5 Å². The van der Waals surface area contributed by atoms with Gasteiger partial charge in [0.15, 0.2) is 0 Å². The number of rotatable bonds is 6. The van der Waals surface area contributed by atoms with Crippen LogP contribution in [0.1, 0.15) is 13.3 Å². The highest BCUT2D eigenvalue weighted by atomic mass is 16.5. The van der Waals surface area contributed by atoms with Gasteiger partial charge in [-0.2, -0.15) is 4.98 Å². The number of anilines is 1. The van der Waals surface area contributed by atoms with Crippen LogP contribution in [-0.4, -0.2) is 29.7 Å². The highest BCUT2D eigenvalue weighted by Crippen LogP contribution is 2.08. The normalized spacial score (nSPS) is 9.86. The van der Waals surface area contributed by atoms with Crippen LogP contribution in [0.5, 0.6) is 5.88 Å². The molecule has 0 atom stereocenters. The molecule has 1 aromatic rings. The van der Waals surface area contributed by atoms with Crippen molar-refractivity contribution in [2.24, 2.45) is 5.73 Å². The van der Waals surface area contributed by atoms with E-state index in [1.807, 2.05) is 6.92 Å². The molecule has 78 valence electrons. The first kappa shape index (κ1) is 10.7. The first-order chi connectivity index (χ1) is 6.86. The number of hydrogen-bond acceptors (Lipinski definition) is 5. The van der Waals surface area contributed by atoms with Gasteiger partial charge in [-0.15, -0.1) is 0 Å². The lowest BCUT2D eigenvalue weighted by atomic mass is 10.5. The standard InChI is InChI=1S/C9H16N4O/c1-2-5-14-9-7-11-6-8(13-9)12-4-3-10/h6-7H,2-5,10H2,1H3,(H,12,13). The summed E-state index contributed by atoms with van der Waals surface area (Å²) in [6.07, 6.45) is 4.21. The van der Waals surface area contributed by atoms with E-state index >= 15 is 0 Å². The topological polar surface area (TPSA) is 73.1 Å². The fourth-order valence-electron chi connectivity index (χ4n) is 0.910. The Morgan fingerprint density at radius 1 is 1.50 bits per heavy atom. The van der Waals surface area contributed by atoms with Gasteiger partial charge >= 0.3 is 0 Å². The molecule has 0 radical (unpaired) electrons. The third kappa shape index (κ3) is 3.57. The summed E-state index contributed by atoms with van der Waals surface area (Å²) in [5, 5.41) is 3.03. The van der Waals surface area contributed by atoms with E-state index < -0.39 is 0 Å². The minimum Gasteiger partial charge on any atom is -0.477 e. The van der Waals surface area contributed by atoms with Crippen molar-refractivity contribution in [3.05, 3.63) is 12.4 Å². The Hall–Kier alpha value is -1.36. The summed E-state index contributed by atoms with van der Waals surface area (Å²) < 4.78 is 5.33. The summed E-state index contributed by atoms with van der Waals surface area (Å²) in [5.74, 6) is 1.25. The fraction of sp³-hybridized carbons (Fsp3) is 0.556. The fourth-order valence-corrected chi connectivity index (χ4v) is 0.910. The Morgan fingerprint density at radius 3 is 3.07 bits per heavy atom. The lowest BCUT2D eigenvalue weighted by Gasteiger charge is -2.06. The van der Waals surface area contributed by atoms with E-state index in [1.165, 1.54) is 0 Å². The maximum absolute atomic E-state index is 5.35. The van der Waals surface area contributed by atoms with E-state index in [0.29, 0.717) is 31.4 Å². The Balaban J connectivity index is 2.50. The summed E-state index contributed by atoms with van der Waals surface area (Å²) in [5.41, 5.74) is 5.35. The first-order valence-corrected chi connectivity index (χ1v) is 4.75. The van der Waals surface area contributed by atoms with Gasteiger partial charge in [0.25, 0.3) is 0 Å². The molecule has 0 saturated carbocycles. The van der Waals surface area contributed by atoms with Crippen molar-refractivity contribution in [1.29, 1.82) is 0 Å². The number of hydrogen-bond donors (Lipinski definition) is 2. The largest absolute Gasteiger partial charge is 0.477 e. The van der Waals surface area contributed by atoms with Crippen LogP contribution < -0.4 is 15.8 Å². The molecule has 0 saturated heterocycles. The molecule has 5 heteroatoms. The molecule has 1 heterocycles. The van der Waals surface area contributed by atoms with Crippen molar-refractivity contribution >= 4 is 5.82 Å². The zero-order valence-electron chi connectivity index (χ0n) is 8.36. The Labute approximate surface area is 83.7 Å². The lowest BCUT2D eigenvalue weighted by molar-refractivity contribution is 0.304. The third-order valence-corrected chi connectivity index (χ3v) is 1.52. The van der Waals surface area contributed by atoms with Gasteiger partial charge in [-0.25, -0.2) is 0 Å². The van der Waals surface area contributed by atoms with Crippen LogP contribution in [0.25, 0.3) is 0 Å². The van der Waals surface area contributed by atoms with Crippen LogP contribution in [0.15, 0.2) is 12.4 Å². The number of ether oxygens (including phenoxy) is 1. The number of nitrogens with one attached hydrogen (secondary N) is 1. The molecule has 1 aromatic heterocycles. The molecule has 0 aliphatic heterocycles. The van der Waals surface area contributed by atoms with Crippen molar-refractivity contribution < 1.29 is 4.74 Å². The minimum absolute atomic E-state index is 0.550. The zero-order chi connectivity index (χ0) is 10.2. The molecule has 0 fully saturated rings. The summed E-state index contributed by atoms with van der Waals surface area (Å²) in [4.78, 5) is 8.20. The highest BCUT2D eigenvalue weighted by Gasteiger charge is 1.97. The predicted octanol–water partition coefficient (Wildman–Crippen LogP) is 0.636. The first-order valence-electron chi connectivity index (χ1n) is 4.75. The molecule has 5 nitrogen and oxygen atoms in total. The minimum atomic E-state index is 0.550. The average Bonchev–Trinajstić information content (AvgIpc) is 2.24. The molecule has 3 N–H and O–H groups in total. The quantitative estimate of drug-likeness (QED) is 0.698. The molecule has 0 bridgehead atoms. The van der Waals surface area contributed by atoms with E-state index in [9.17, 15) is 0 Å². The van der Waals surface area contributed by atoms with Crippen molar-refractivity contribution in [2.45, 2.75) is 13.3 Å². The van der Waals surface area contributed by atoms with Crippen molar-refractivity contribution in [3.63, 3.8) is 0 Å². The van der Waals surface area contributed by atoms with Crippen LogP contribution in [0.3, 0.4) is 0 Å². The Kier molecular flexibility index (Phi) is 4.71. The Morgan fingerprint density at radius 2 is 2.36 bits per heavy atom. The van der Waals surface area contributed by atoms with Gasteiger partial charge in [0.1, 0.15) is 5.82 Å². The molecule has 0 spiro atoms. The predicted molar refractivity (Wildman–Crippen MR) is 55.4 cm³/mol.